The van der Waals surface area contributed by atoms with E-state index in [0.29, 0.717) is 23.1 Å². The SMILES string of the molecule is Cc1cc(C)c(S(=O)(=O)NCCNc2cc(N(C)C)nc(C)n2)c(C)c1. The molecule has 8 heteroatoms. The third-order valence-electron chi connectivity index (χ3n) is 3.88. The zero-order valence-electron chi connectivity index (χ0n) is 16.2. The van der Waals surface area contributed by atoms with Crippen molar-refractivity contribution in [2.45, 2.75) is 32.6 Å². The average Bonchev–Trinajstić information content (AvgIpc) is 2.49. The fourth-order valence-corrected chi connectivity index (χ4v) is 4.39. The standard InChI is InChI=1S/C18H27N5O2S/c1-12-9-13(2)18(14(3)10-12)26(24,25)20-8-7-19-16-11-17(23(5)6)22-15(4)21-16/h9-11,20H,7-8H2,1-6H3,(H,19,21,22). The molecule has 1 heterocycles. The maximum atomic E-state index is 12.6. The lowest BCUT2D eigenvalue weighted by Crippen LogP contribution is -2.30. The molecule has 2 rings (SSSR count). The van der Waals surface area contributed by atoms with Crippen molar-refractivity contribution < 1.29 is 8.42 Å². The molecule has 0 saturated carbocycles. The highest BCUT2D eigenvalue weighted by Crippen LogP contribution is 2.21. The molecule has 26 heavy (non-hydrogen) atoms. The van der Waals surface area contributed by atoms with Crippen LogP contribution in [-0.2, 0) is 10.0 Å². The Labute approximate surface area is 155 Å². The first-order chi connectivity index (χ1) is 12.1. The van der Waals surface area contributed by atoms with Crippen LogP contribution in [0.5, 0.6) is 0 Å². The number of hydrogen-bond acceptors (Lipinski definition) is 6. The topological polar surface area (TPSA) is 87.2 Å². The van der Waals surface area contributed by atoms with E-state index in [1.165, 1.54) is 0 Å². The van der Waals surface area contributed by atoms with Crippen LogP contribution in [0, 0.1) is 27.7 Å². The summed E-state index contributed by atoms with van der Waals surface area (Å²) in [5, 5.41) is 3.14. The number of nitrogens with zero attached hydrogens (tertiary/aromatic N) is 3. The normalized spacial score (nSPS) is 11.5. The summed E-state index contributed by atoms with van der Waals surface area (Å²) in [7, 11) is 0.264. The number of benzene rings is 1. The van der Waals surface area contributed by atoms with E-state index in [4.69, 9.17) is 0 Å². The van der Waals surface area contributed by atoms with Gasteiger partial charge in [-0.2, -0.15) is 0 Å². The van der Waals surface area contributed by atoms with Crippen LogP contribution in [0.2, 0.25) is 0 Å². The molecule has 0 saturated heterocycles. The zero-order valence-corrected chi connectivity index (χ0v) is 17.0. The summed E-state index contributed by atoms with van der Waals surface area (Å²) < 4.78 is 27.9. The summed E-state index contributed by atoms with van der Waals surface area (Å²) in [6, 6.07) is 5.59. The lowest BCUT2D eigenvalue weighted by molar-refractivity contribution is 0.581. The number of rotatable bonds is 7. The van der Waals surface area contributed by atoms with Crippen molar-refractivity contribution in [2.75, 3.05) is 37.4 Å². The van der Waals surface area contributed by atoms with Crippen LogP contribution in [0.25, 0.3) is 0 Å². The first-order valence-corrected chi connectivity index (χ1v) is 9.93. The first kappa shape index (κ1) is 20.1. The van der Waals surface area contributed by atoms with Crippen LogP contribution in [-0.4, -0.2) is 45.6 Å². The third-order valence-corrected chi connectivity index (χ3v) is 5.64. The molecule has 2 N–H and O–H groups in total. The Morgan fingerprint density at radius 3 is 2.15 bits per heavy atom. The minimum Gasteiger partial charge on any atom is -0.369 e. The molecule has 0 unspecified atom stereocenters. The predicted molar refractivity (Wildman–Crippen MR) is 105 cm³/mol. The Morgan fingerprint density at radius 2 is 1.58 bits per heavy atom. The molecule has 1 aromatic heterocycles. The smallest absolute Gasteiger partial charge is 0.241 e. The highest BCUT2D eigenvalue weighted by atomic mass is 32.2. The fourth-order valence-electron chi connectivity index (χ4n) is 2.91. The number of anilines is 2. The van der Waals surface area contributed by atoms with Gasteiger partial charge in [0.05, 0.1) is 4.90 Å². The summed E-state index contributed by atoms with van der Waals surface area (Å²) in [6.45, 7) is 8.10. The number of sulfonamides is 1. The van der Waals surface area contributed by atoms with Crippen molar-refractivity contribution >= 4 is 21.7 Å². The van der Waals surface area contributed by atoms with Crippen LogP contribution in [0.4, 0.5) is 11.6 Å². The molecule has 0 bridgehead atoms. The first-order valence-electron chi connectivity index (χ1n) is 8.44. The van der Waals surface area contributed by atoms with Crippen LogP contribution in [0.1, 0.15) is 22.5 Å². The van der Waals surface area contributed by atoms with Gasteiger partial charge in [0, 0.05) is 33.3 Å². The Morgan fingerprint density at radius 1 is 0.962 bits per heavy atom. The molecule has 0 fully saturated rings. The van der Waals surface area contributed by atoms with Crippen molar-refractivity contribution in [3.8, 4) is 0 Å². The Balaban J connectivity index is 2.02. The Kier molecular flexibility index (Phi) is 6.20. The Hall–Kier alpha value is -2.19. The van der Waals surface area contributed by atoms with Gasteiger partial charge >= 0.3 is 0 Å². The van der Waals surface area contributed by atoms with E-state index in [-0.39, 0.29) is 6.54 Å². The van der Waals surface area contributed by atoms with Crippen LogP contribution in [0.3, 0.4) is 0 Å². The monoisotopic (exact) mass is 377 g/mol. The van der Waals surface area contributed by atoms with Gasteiger partial charge in [0.25, 0.3) is 0 Å². The summed E-state index contributed by atoms with van der Waals surface area (Å²) in [5.74, 6) is 2.12. The number of hydrogen-bond donors (Lipinski definition) is 2. The molecule has 142 valence electrons. The lowest BCUT2D eigenvalue weighted by Gasteiger charge is -2.15. The number of aryl methyl sites for hydroxylation is 4. The van der Waals surface area contributed by atoms with Crippen molar-refractivity contribution in [3.05, 3.63) is 40.7 Å². The lowest BCUT2D eigenvalue weighted by atomic mass is 10.1. The van der Waals surface area contributed by atoms with Crippen molar-refractivity contribution in [3.63, 3.8) is 0 Å². The fraction of sp³-hybridized carbons (Fsp3) is 0.444. The van der Waals surface area contributed by atoms with Gasteiger partial charge in [-0.25, -0.2) is 23.1 Å². The second kappa shape index (κ2) is 8.01. The van der Waals surface area contributed by atoms with E-state index in [0.717, 1.165) is 22.5 Å². The minimum absolute atomic E-state index is 0.259. The van der Waals surface area contributed by atoms with Gasteiger partial charge in [-0.15, -0.1) is 0 Å². The maximum Gasteiger partial charge on any atom is 0.241 e. The quantitative estimate of drug-likeness (QED) is 0.719. The van der Waals surface area contributed by atoms with E-state index < -0.39 is 10.0 Å². The van der Waals surface area contributed by atoms with E-state index in [2.05, 4.69) is 20.0 Å². The van der Waals surface area contributed by atoms with Gasteiger partial charge in [-0.3, -0.25) is 0 Å². The summed E-state index contributed by atoms with van der Waals surface area (Å²) in [4.78, 5) is 10.9. The van der Waals surface area contributed by atoms with Crippen molar-refractivity contribution in [1.82, 2.24) is 14.7 Å². The molecular formula is C18H27N5O2S. The third kappa shape index (κ3) is 4.92. The van der Waals surface area contributed by atoms with Gasteiger partial charge in [0.1, 0.15) is 17.5 Å². The average molecular weight is 378 g/mol. The zero-order chi connectivity index (χ0) is 19.5. The molecular weight excluding hydrogens is 350 g/mol. The molecule has 0 spiro atoms. The molecule has 0 amide bonds. The largest absolute Gasteiger partial charge is 0.369 e. The molecule has 7 nitrogen and oxygen atoms in total. The number of nitrogens with one attached hydrogen (secondary N) is 2. The van der Waals surface area contributed by atoms with Crippen molar-refractivity contribution in [2.24, 2.45) is 0 Å². The van der Waals surface area contributed by atoms with Crippen molar-refractivity contribution in [1.29, 1.82) is 0 Å². The van der Waals surface area contributed by atoms with Crippen LogP contribution in [0.15, 0.2) is 23.1 Å². The molecule has 0 aliphatic heterocycles. The van der Waals surface area contributed by atoms with E-state index in [1.54, 1.807) is 0 Å². The Bertz CT molecular complexity index is 871. The van der Waals surface area contributed by atoms with E-state index in [1.807, 2.05) is 64.9 Å². The second-order valence-electron chi connectivity index (χ2n) is 6.61. The molecule has 2 aromatic rings. The highest BCUT2D eigenvalue weighted by Gasteiger charge is 2.19. The summed E-state index contributed by atoms with van der Waals surface area (Å²) >= 11 is 0. The highest BCUT2D eigenvalue weighted by molar-refractivity contribution is 7.89. The molecule has 0 aliphatic carbocycles. The number of aromatic nitrogens is 2. The molecule has 1 aromatic carbocycles. The minimum atomic E-state index is -3.55. The van der Waals surface area contributed by atoms with Crippen LogP contribution >= 0.6 is 0 Å². The van der Waals surface area contributed by atoms with Gasteiger partial charge in [0.15, 0.2) is 0 Å². The molecule has 0 aliphatic rings. The van der Waals surface area contributed by atoms with Gasteiger partial charge in [-0.05, 0) is 38.8 Å². The summed E-state index contributed by atoms with van der Waals surface area (Å²) in [6.07, 6.45) is 0. The van der Waals surface area contributed by atoms with E-state index in [9.17, 15) is 8.42 Å². The molecule has 0 radical (unpaired) electrons. The van der Waals surface area contributed by atoms with E-state index >= 15 is 0 Å². The van der Waals surface area contributed by atoms with Crippen LogP contribution < -0.4 is 14.9 Å². The second-order valence-corrected chi connectivity index (χ2v) is 8.31. The van der Waals surface area contributed by atoms with Gasteiger partial charge in [-0.1, -0.05) is 17.7 Å². The maximum absolute atomic E-state index is 12.6. The van der Waals surface area contributed by atoms with Gasteiger partial charge < -0.3 is 10.2 Å². The predicted octanol–water partition coefficient (Wildman–Crippen LogP) is 2.17. The molecule has 0 atom stereocenters. The van der Waals surface area contributed by atoms with Gasteiger partial charge in [0.2, 0.25) is 10.0 Å². The summed E-state index contributed by atoms with van der Waals surface area (Å²) in [5.41, 5.74) is 2.56.